The second-order valence-corrected chi connectivity index (χ2v) is 31.1. The fraction of sp³-hybridized carbons (Fsp3) is 0.793. The zero-order valence-electron chi connectivity index (χ0n) is 50.1. The van der Waals surface area contributed by atoms with Crippen molar-refractivity contribution in [2.75, 3.05) is 23.8 Å². The predicted octanol–water partition coefficient (Wildman–Crippen LogP) is 14.4. The second kappa shape index (κ2) is 26.8. The molecule has 0 bridgehead atoms. The lowest BCUT2D eigenvalue weighted by molar-refractivity contribution is -0.168. The van der Waals surface area contributed by atoms with Crippen molar-refractivity contribution in [3.05, 3.63) is 23.3 Å². The summed E-state index contributed by atoms with van der Waals surface area (Å²) in [5.74, 6) is -3.81. The Morgan fingerprint density at radius 2 is 0.797 bits per heavy atom. The summed E-state index contributed by atoms with van der Waals surface area (Å²) in [4.78, 5) is 81.4. The number of alkyl halides is 2. The number of hydrogen-bond acceptors (Lipinski definition) is 10. The van der Waals surface area contributed by atoms with Gasteiger partial charge in [0.2, 0.25) is 0 Å². The molecule has 14 nitrogen and oxygen atoms in total. The average molecular weight is 1170 g/mol. The number of hydrogen-bond donors (Lipinski definition) is 4. The Kier molecular flexibility index (Phi) is 24.8. The third-order valence-corrected chi connectivity index (χ3v) is 15.1. The summed E-state index contributed by atoms with van der Waals surface area (Å²) in [7, 11) is 0. The van der Waals surface area contributed by atoms with Gasteiger partial charge in [0, 0.05) is 20.0 Å². The molecule has 74 heavy (non-hydrogen) atoms. The number of rotatable bonds is 26. The highest BCUT2D eigenvalue weighted by Gasteiger charge is 2.46. The highest BCUT2D eigenvalue weighted by atomic mass is 79.9. The highest BCUT2D eigenvalue weighted by molar-refractivity contribution is 9.10. The van der Waals surface area contributed by atoms with E-state index in [-0.39, 0.29) is 36.0 Å². The van der Waals surface area contributed by atoms with E-state index < -0.39 is 90.4 Å². The number of amides is 4. The number of benzene rings is 1. The zero-order valence-corrected chi connectivity index (χ0v) is 53.3. The van der Waals surface area contributed by atoms with Gasteiger partial charge < -0.3 is 40.2 Å². The van der Waals surface area contributed by atoms with Gasteiger partial charge in [-0.25, -0.2) is 9.59 Å². The lowest BCUT2D eigenvalue weighted by atomic mass is 9.71. The van der Waals surface area contributed by atoms with Gasteiger partial charge in [-0.15, -0.1) is 0 Å². The van der Waals surface area contributed by atoms with Crippen LogP contribution in [-0.4, -0.2) is 81.1 Å². The Bertz CT molecular complexity index is 1930. The highest BCUT2D eigenvalue weighted by Crippen LogP contribution is 2.44. The molecule has 1 rings (SSSR count). The third-order valence-electron chi connectivity index (χ3n) is 14.0. The SMILES string of the molecule is CCC(COC(=O)C(C)C(C)(C)CC(C(=O)OC(C)(C)CC(C)(C)C)C(C)(C)Br)NC(=O)Nc1cc(NC(=O)NC(CC)COC(=O)C(C)C(C)(C)CC(C(=O)OC(C)(C)CC(C)(C)C)C(C)(C)Br)c(C)cc1C. The first-order valence-electron chi connectivity index (χ1n) is 26.6. The Hall–Kier alpha value is -3.40. The van der Waals surface area contributed by atoms with E-state index in [2.05, 4.69) is 94.7 Å². The van der Waals surface area contributed by atoms with Gasteiger partial charge in [0.15, 0.2) is 0 Å². The molecule has 4 amide bonds. The largest absolute Gasteiger partial charge is 0.463 e. The molecule has 1 aromatic carbocycles. The molecule has 1 aromatic rings. The van der Waals surface area contributed by atoms with Crippen molar-refractivity contribution in [1.29, 1.82) is 0 Å². The Morgan fingerprint density at radius 1 is 0.500 bits per heavy atom. The maximum Gasteiger partial charge on any atom is 0.319 e. The van der Waals surface area contributed by atoms with Gasteiger partial charge in [-0.05, 0) is 147 Å². The quantitative estimate of drug-likeness (QED) is 0.0395. The number of carbonyl (C=O) groups is 6. The number of carbonyl (C=O) groups excluding carboxylic acids is 6. The van der Waals surface area contributed by atoms with Crippen molar-refractivity contribution in [2.24, 2.45) is 45.3 Å². The molecule has 0 aliphatic rings. The molecule has 0 aliphatic heterocycles. The lowest BCUT2D eigenvalue weighted by Crippen LogP contribution is -2.44. The van der Waals surface area contributed by atoms with Crippen molar-refractivity contribution in [3.63, 3.8) is 0 Å². The number of halogens is 2. The van der Waals surface area contributed by atoms with Gasteiger partial charge in [-0.3, -0.25) is 19.2 Å². The maximum absolute atomic E-state index is 13.7. The van der Waals surface area contributed by atoms with Gasteiger partial charge in [-0.2, -0.15) is 0 Å². The lowest BCUT2D eigenvalue weighted by Gasteiger charge is -2.39. The molecule has 0 saturated heterocycles. The number of urea groups is 2. The normalized spacial score (nSPS) is 15.6. The number of aryl methyl sites for hydroxylation is 2. The number of nitrogens with one attached hydrogen (secondary N) is 4. The molecule has 0 aromatic heterocycles. The monoisotopic (exact) mass is 1170 g/mol. The van der Waals surface area contributed by atoms with Crippen LogP contribution in [0.1, 0.15) is 202 Å². The van der Waals surface area contributed by atoms with Crippen LogP contribution >= 0.6 is 31.9 Å². The first kappa shape index (κ1) is 68.6. The van der Waals surface area contributed by atoms with Crippen molar-refractivity contribution >= 4 is 79.2 Å². The summed E-state index contributed by atoms with van der Waals surface area (Å²) < 4.78 is 22.6. The number of ether oxygens (including phenoxy) is 4. The van der Waals surface area contributed by atoms with Gasteiger partial charge in [0.25, 0.3) is 0 Å². The Labute approximate surface area is 464 Å². The molecular weight excluding hydrogens is 1070 g/mol. The van der Waals surface area contributed by atoms with E-state index in [4.69, 9.17) is 18.9 Å². The van der Waals surface area contributed by atoms with Crippen LogP contribution in [-0.2, 0) is 38.1 Å². The van der Waals surface area contributed by atoms with Crippen LogP contribution in [0.25, 0.3) is 0 Å². The summed E-state index contributed by atoms with van der Waals surface area (Å²) in [6.45, 7) is 46.8. The van der Waals surface area contributed by atoms with Crippen molar-refractivity contribution in [1.82, 2.24) is 10.6 Å². The van der Waals surface area contributed by atoms with Gasteiger partial charge in [-0.1, -0.05) is 135 Å². The van der Waals surface area contributed by atoms with E-state index in [1.807, 2.05) is 117 Å². The molecule has 0 radical (unpaired) electrons. The Balaban J connectivity index is 2.98. The van der Waals surface area contributed by atoms with E-state index in [1.165, 1.54) is 0 Å². The fourth-order valence-corrected chi connectivity index (χ4v) is 10.2. The van der Waals surface area contributed by atoms with Crippen LogP contribution in [0, 0.1) is 59.2 Å². The smallest absolute Gasteiger partial charge is 0.319 e. The molecule has 4 N–H and O–H groups in total. The van der Waals surface area contributed by atoms with Crippen LogP contribution in [0.5, 0.6) is 0 Å². The average Bonchev–Trinajstić information content (AvgIpc) is 3.19. The third kappa shape index (κ3) is 23.9. The zero-order chi connectivity index (χ0) is 58.0. The van der Waals surface area contributed by atoms with Crippen LogP contribution in [0.3, 0.4) is 0 Å². The summed E-state index contributed by atoms with van der Waals surface area (Å²) in [6, 6.07) is 1.46. The first-order valence-corrected chi connectivity index (χ1v) is 28.2. The van der Waals surface area contributed by atoms with Crippen LogP contribution in [0.2, 0.25) is 0 Å². The summed E-state index contributed by atoms with van der Waals surface area (Å²) >= 11 is 7.44. The van der Waals surface area contributed by atoms with Gasteiger partial charge in [0.1, 0.15) is 24.4 Å². The van der Waals surface area contributed by atoms with Crippen LogP contribution in [0.15, 0.2) is 12.1 Å². The van der Waals surface area contributed by atoms with E-state index >= 15 is 0 Å². The number of esters is 4. The molecule has 0 aliphatic carbocycles. The molecule has 0 saturated carbocycles. The first-order chi connectivity index (χ1) is 33.2. The summed E-state index contributed by atoms with van der Waals surface area (Å²) in [6.07, 6.45) is 3.04. The van der Waals surface area contributed by atoms with Crippen molar-refractivity contribution in [2.45, 2.75) is 237 Å². The summed E-state index contributed by atoms with van der Waals surface area (Å²) in [5, 5.41) is 11.6. The van der Waals surface area contributed by atoms with Crippen molar-refractivity contribution in [3.8, 4) is 0 Å². The molecular formula is C58H100Br2N4O10. The van der Waals surface area contributed by atoms with E-state index in [0.29, 0.717) is 49.9 Å². The van der Waals surface area contributed by atoms with Crippen LogP contribution < -0.4 is 21.3 Å². The fourth-order valence-electron chi connectivity index (χ4n) is 9.52. The van der Waals surface area contributed by atoms with E-state index in [0.717, 1.165) is 11.1 Å². The molecule has 16 heteroatoms. The Morgan fingerprint density at radius 3 is 1.05 bits per heavy atom. The molecule has 0 spiro atoms. The molecule has 426 valence electrons. The van der Waals surface area contributed by atoms with Crippen molar-refractivity contribution < 1.29 is 47.7 Å². The topological polar surface area (TPSA) is 187 Å². The molecule has 6 atom stereocenters. The molecule has 0 fully saturated rings. The van der Waals surface area contributed by atoms with E-state index in [9.17, 15) is 28.8 Å². The molecule has 0 heterocycles. The minimum Gasteiger partial charge on any atom is -0.463 e. The number of anilines is 2. The minimum absolute atomic E-state index is 0.0434. The minimum atomic E-state index is -0.676. The second-order valence-electron chi connectivity index (χ2n) is 27.0. The molecule has 6 unspecified atom stereocenters. The van der Waals surface area contributed by atoms with Gasteiger partial charge >= 0.3 is 35.9 Å². The summed E-state index contributed by atoms with van der Waals surface area (Å²) in [5.41, 5.74) is -0.315. The van der Waals surface area contributed by atoms with Crippen LogP contribution in [0.4, 0.5) is 21.0 Å². The van der Waals surface area contributed by atoms with E-state index in [1.54, 1.807) is 19.9 Å². The standard InChI is InChI=1S/C58H100Br2N4O10/c1-25-39(31-71-45(65)37(5)53(13,14)29-41(57(21,22)59)47(67)73-55(17,18)33-51(7,8)9)61-49(69)63-43-28-44(36(4)27-35(43)3)64-50(70)62-40(26-2)32-72-46(66)38(6)54(15,16)30-42(58(23,24)60)48(68)74-56(19,20)34-52(10,11)12/h27-28,37-42H,25-26,29-34H2,1-24H3,(H2,61,63,69)(H2,62,64,70). The predicted molar refractivity (Wildman–Crippen MR) is 307 cm³/mol. The maximum atomic E-state index is 13.7. The van der Waals surface area contributed by atoms with Gasteiger partial charge in [0.05, 0.1) is 35.8 Å².